The van der Waals surface area contributed by atoms with Crippen molar-refractivity contribution in [1.29, 1.82) is 0 Å². The lowest BCUT2D eigenvalue weighted by atomic mass is 10.1. The summed E-state index contributed by atoms with van der Waals surface area (Å²) in [5, 5.41) is 0. The molecule has 1 atom stereocenters. The molecule has 0 aliphatic carbocycles. The predicted octanol–water partition coefficient (Wildman–Crippen LogP) is 1.39. The van der Waals surface area contributed by atoms with Gasteiger partial charge in [-0.05, 0) is 24.6 Å². The predicted molar refractivity (Wildman–Crippen MR) is 62.0 cm³/mol. The average molecular weight is 223 g/mol. The van der Waals surface area contributed by atoms with Gasteiger partial charge in [0.25, 0.3) is 0 Å². The number of esters is 1. The highest BCUT2D eigenvalue weighted by atomic mass is 16.6. The van der Waals surface area contributed by atoms with E-state index < -0.39 is 6.10 Å². The van der Waals surface area contributed by atoms with Crippen molar-refractivity contribution in [1.82, 2.24) is 0 Å². The van der Waals surface area contributed by atoms with Crippen LogP contribution in [0, 0.1) is 0 Å². The van der Waals surface area contributed by atoms with E-state index >= 15 is 0 Å². The molecule has 4 heteroatoms. The largest absolute Gasteiger partial charge is 0.464 e. The Labute approximate surface area is 95.3 Å². The Balaban J connectivity index is 2.62. The zero-order valence-electron chi connectivity index (χ0n) is 9.60. The molecular formula is C12H17NO3. The molecule has 0 aliphatic rings. The minimum Gasteiger partial charge on any atom is -0.464 e. The van der Waals surface area contributed by atoms with Crippen LogP contribution < -0.4 is 5.73 Å². The highest BCUT2D eigenvalue weighted by Gasteiger charge is 2.19. The van der Waals surface area contributed by atoms with Crippen LogP contribution >= 0.6 is 0 Å². The van der Waals surface area contributed by atoms with E-state index in [1.165, 1.54) is 7.11 Å². The van der Waals surface area contributed by atoms with Gasteiger partial charge in [0.1, 0.15) is 0 Å². The van der Waals surface area contributed by atoms with Gasteiger partial charge in [-0.1, -0.05) is 12.1 Å². The fourth-order valence-electron chi connectivity index (χ4n) is 1.37. The van der Waals surface area contributed by atoms with Crippen molar-refractivity contribution < 1.29 is 14.3 Å². The zero-order chi connectivity index (χ0) is 12.0. The van der Waals surface area contributed by atoms with Crippen molar-refractivity contribution in [2.75, 3.05) is 19.5 Å². The van der Waals surface area contributed by atoms with E-state index in [0.717, 1.165) is 5.56 Å². The first-order chi connectivity index (χ1) is 7.67. The van der Waals surface area contributed by atoms with Crippen LogP contribution in [-0.4, -0.2) is 25.8 Å². The molecule has 0 bridgehead atoms. The summed E-state index contributed by atoms with van der Waals surface area (Å²) in [6, 6.07) is 7.35. The van der Waals surface area contributed by atoms with E-state index in [2.05, 4.69) is 0 Å². The number of carbonyl (C=O) groups is 1. The van der Waals surface area contributed by atoms with E-state index in [9.17, 15) is 4.79 Å². The van der Waals surface area contributed by atoms with Gasteiger partial charge in [0.05, 0.1) is 6.61 Å². The average Bonchev–Trinajstić information content (AvgIpc) is 2.28. The molecule has 0 spiro atoms. The molecule has 0 saturated heterocycles. The number of anilines is 1. The third kappa shape index (κ3) is 3.55. The van der Waals surface area contributed by atoms with Crippen molar-refractivity contribution in [3.63, 3.8) is 0 Å². The van der Waals surface area contributed by atoms with Gasteiger partial charge in [0, 0.05) is 19.2 Å². The number of rotatable bonds is 5. The summed E-state index contributed by atoms with van der Waals surface area (Å²) in [7, 11) is 1.50. The van der Waals surface area contributed by atoms with E-state index in [0.29, 0.717) is 18.7 Å². The number of hydrogen-bond donors (Lipinski definition) is 1. The number of hydrogen-bond acceptors (Lipinski definition) is 4. The molecule has 0 unspecified atom stereocenters. The first-order valence-corrected chi connectivity index (χ1v) is 5.21. The van der Waals surface area contributed by atoms with Crippen molar-refractivity contribution in [2.45, 2.75) is 19.4 Å². The van der Waals surface area contributed by atoms with Gasteiger partial charge in [0.2, 0.25) is 0 Å². The molecule has 2 N–H and O–H groups in total. The van der Waals surface area contributed by atoms with Crippen LogP contribution in [0.15, 0.2) is 24.3 Å². The Bertz CT molecular complexity index is 335. The topological polar surface area (TPSA) is 61.5 Å². The van der Waals surface area contributed by atoms with E-state index in [4.69, 9.17) is 15.2 Å². The second-order valence-electron chi connectivity index (χ2n) is 3.42. The normalized spacial score (nSPS) is 12.1. The summed E-state index contributed by atoms with van der Waals surface area (Å²) in [6.07, 6.45) is -0.0566. The Morgan fingerprint density at radius 1 is 1.38 bits per heavy atom. The van der Waals surface area contributed by atoms with E-state index in [1.807, 2.05) is 12.1 Å². The minimum absolute atomic E-state index is 0.332. The SMILES string of the molecule is CCOC(=O)[C@@H](Cc1ccc(N)cc1)OC. The number of ether oxygens (including phenoxy) is 2. The second-order valence-corrected chi connectivity index (χ2v) is 3.42. The fraction of sp³-hybridized carbons (Fsp3) is 0.417. The van der Waals surface area contributed by atoms with Crippen LogP contribution in [0.2, 0.25) is 0 Å². The van der Waals surface area contributed by atoms with Gasteiger partial charge >= 0.3 is 5.97 Å². The van der Waals surface area contributed by atoms with Crippen LogP contribution in [-0.2, 0) is 20.7 Å². The molecule has 0 fully saturated rings. The molecule has 0 heterocycles. The molecular weight excluding hydrogens is 206 g/mol. The van der Waals surface area contributed by atoms with Gasteiger partial charge in [-0.15, -0.1) is 0 Å². The molecule has 88 valence electrons. The Morgan fingerprint density at radius 2 is 2.00 bits per heavy atom. The van der Waals surface area contributed by atoms with Crippen molar-refractivity contribution in [3.8, 4) is 0 Å². The highest BCUT2D eigenvalue weighted by Crippen LogP contribution is 2.10. The minimum atomic E-state index is -0.552. The summed E-state index contributed by atoms with van der Waals surface area (Å²) >= 11 is 0. The third-order valence-corrected chi connectivity index (χ3v) is 2.23. The molecule has 0 amide bonds. The van der Waals surface area contributed by atoms with Crippen molar-refractivity contribution >= 4 is 11.7 Å². The van der Waals surface area contributed by atoms with Crippen LogP contribution in [0.5, 0.6) is 0 Å². The van der Waals surface area contributed by atoms with Crippen LogP contribution in [0.4, 0.5) is 5.69 Å². The summed E-state index contributed by atoms with van der Waals surface area (Å²) < 4.78 is 10.00. The monoisotopic (exact) mass is 223 g/mol. The molecule has 0 aromatic heterocycles. The summed E-state index contributed by atoms with van der Waals surface area (Å²) in [6.45, 7) is 2.13. The maximum Gasteiger partial charge on any atom is 0.335 e. The molecule has 1 aromatic rings. The number of carbonyl (C=O) groups excluding carboxylic acids is 1. The zero-order valence-corrected chi connectivity index (χ0v) is 9.60. The van der Waals surface area contributed by atoms with Crippen LogP contribution in [0.25, 0.3) is 0 Å². The summed E-state index contributed by atoms with van der Waals surface area (Å²) in [5.41, 5.74) is 7.27. The molecule has 4 nitrogen and oxygen atoms in total. The smallest absolute Gasteiger partial charge is 0.335 e. The summed E-state index contributed by atoms with van der Waals surface area (Å²) in [4.78, 5) is 11.5. The lowest BCUT2D eigenvalue weighted by molar-refractivity contribution is -0.154. The number of methoxy groups -OCH3 is 1. The second kappa shape index (κ2) is 6.12. The number of nitrogen functional groups attached to an aromatic ring is 1. The standard InChI is InChI=1S/C12H17NO3/c1-3-16-12(14)11(15-2)8-9-4-6-10(13)7-5-9/h4-7,11H,3,8,13H2,1-2H3/t11-/m1/s1. The fourth-order valence-corrected chi connectivity index (χ4v) is 1.37. The maximum atomic E-state index is 11.5. The molecule has 0 saturated carbocycles. The van der Waals surface area contributed by atoms with Crippen molar-refractivity contribution in [2.24, 2.45) is 0 Å². The first kappa shape index (κ1) is 12.5. The first-order valence-electron chi connectivity index (χ1n) is 5.21. The molecule has 1 aromatic carbocycles. The van der Waals surface area contributed by atoms with Gasteiger partial charge in [-0.25, -0.2) is 4.79 Å². The van der Waals surface area contributed by atoms with Gasteiger partial charge in [-0.3, -0.25) is 0 Å². The highest BCUT2D eigenvalue weighted by molar-refractivity contribution is 5.75. The molecule has 16 heavy (non-hydrogen) atoms. The molecule has 0 radical (unpaired) electrons. The molecule has 1 rings (SSSR count). The van der Waals surface area contributed by atoms with Crippen LogP contribution in [0.3, 0.4) is 0 Å². The van der Waals surface area contributed by atoms with Crippen LogP contribution in [0.1, 0.15) is 12.5 Å². The van der Waals surface area contributed by atoms with Gasteiger partial charge in [0.15, 0.2) is 6.10 Å². The summed E-state index contributed by atoms with van der Waals surface area (Å²) in [5.74, 6) is -0.332. The van der Waals surface area contributed by atoms with Gasteiger partial charge in [-0.2, -0.15) is 0 Å². The number of nitrogens with two attached hydrogens (primary N) is 1. The molecule has 0 aliphatic heterocycles. The maximum absolute atomic E-state index is 11.5. The van der Waals surface area contributed by atoms with Crippen molar-refractivity contribution in [3.05, 3.63) is 29.8 Å². The van der Waals surface area contributed by atoms with E-state index in [1.54, 1.807) is 19.1 Å². The lowest BCUT2D eigenvalue weighted by Crippen LogP contribution is -2.27. The van der Waals surface area contributed by atoms with Gasteiger partial charge < -0.3 is 15.2 Å². The number of benzene rings is 1. The Kier molecular flexibility index (Phi) is 4.79. The quantitative estimate of drug-likeness (QED) is 0.605. The Morgan fingerprint density at radius 3 is 2.50 bits per heavy atom. The lowest BCUT2D eigenvalue weighted by Gasteiger charge is -2.13. The third-order valence-electron chi connectivity index (χ3n) is 2.23. The van der Waals surface area contributed by atoms with E-state index in [-0.39, 0.29) is 5.97 Å². The Hall–Kier alpha value is -1.55.